The molecule has 1 aromatic heterocycles. The minimum absolute atomic E-state index is 0.152. The largest absolute Gasteiger partial charge is 0.478 e. The van der Waals surface area contributed by atoms with Crippen LogP contribution in [0.1, 0.15) is 41.7 Å². The second kappa shape index (κ2) is 6.02. The third-order valence-electron chi connectivity index (χ3n) is 3.57. The van der Waals surface area contributed by atoms with E-state index in [1.165, 1.54) is 0 Å². The Hall–Kier alpha value is -1.62. The number of rotatable bonds is 4. The highest BCUT2D eigenvalue weighted by Crippen LogP contribution is 2.26. The number of piperidine rings is 1. The van der Waals surface area contributed by atoms with Gasteiger partial charge in [0.25, 0.3) is 0 Å². The second-order valence-electron chi connectivity index (χ2n) is 5.02. The summed E-state index contributed by atoms with van der Waals surface area (Å²) >= 11 is 0. The van der Waals surface area contributed by atoms with Crippen LogP contribution in [-0.2, 0) is 0 Å². The number of nitrogens with zero attached hydrogens (tertiary/aromatic N) is 2. The van der Waals surface area contributed by atoms with Crippen LogP contribution in [0.4, 0.5) is 5.82 Å². The molecule has 5 nitrogen and oxygen atoms in total. The Bertz CT molecular complexity index is 460. The fourth-order valence-electron chi connectivity index (χ4n) is 2.67. The predicted molar refractivity (Wildman–Crippen MR) is 72.6 cm³/mol. The van der Waals surface area contributed by atoms with Crippen LogP contribution in [0.15, 0.2) is 12.1 Å². The van der Waals surface area contributed by atoms with Gasteiger partial charge >= 0.3 is 5.97 Å². The van der Waals surface area contributed by atoms with Crippen molar-refractivity contribution < 1.29 is 15.0 Å². The molecule has 1 aromatic rings. The highest BCUT2D eigenvalue weighted by atomic mass is 16.4. The number of aliphatic hydroxyl groups is 1. The van der Waals surface area contributed by atoms with Crippen LogP contribution in [0.3, 0.4) is 0 Å². The molecule has 1 atom stereocenters. The van der Waals surface area contributed by atoms with Crippen molar-refractivity contribution in [2.75, 3.05) is 18.1 Å². The quantitative estimate of drug-likeness (QED) is 0.868. The summed E-state index contributed by atoms with van der Waals surface area (Å²) in [5.41, 5.74) is 0.985. The van der Waals surface area contributed by atoms with Crippen LogP contribution >= 0.6 is 0 Å². The van der Waals surface area contributed by atoms with E-state index in [-0.39, 0.29) is 18.2 Å². The number of hydrogen-bond donors (Lipinski definition) is 2. The van der Waals surface area contributed by atoms with Gasteiger partial charge in [-0.25, -0.2) is 9.78 Å². The summed E-state index contributed by atoms with van der Waals surface area (Å²) in [5, 5.41) is 18.3. The molecule has 1 saturated heterocycles. The first-order valence-corrected chi connectivity index (χ1v) is 6.71. The molecule has 0 saturated carbocycles. The SMILES string of the molecule is Cc1cc(C(=O)O)cc(N2CCCCC2CCO)n1. The third-order valence-corrected chi connectivity index (χ3v) is 3.57. The van der Waals surface area contributed by atoms with E-state index >= 15 is 0 Å². The lowest BCUT2D eigenvalue weighted by atomic mass is 9.99. The molecule has 104 valence electrons. The van der Waals surface area contributed by atoms with E-state index in [2.05, 4.69) is 9.88 Å². The van der Waals surface area contributed by atoms with Gasteiger partial charge in [-0.1, -0.05) is 0 Å². The number of carbonyl (C=O) groups is 1. The van der Waals surface area contributed by atoms with E-state index in [0.29, 0.717) is 12.1 Å². The monoisotopic (exact) mass is 264 g/mol. The Morgan fingerprint density at radius 3 is 2.95 bits per heavy atom. The molecule has 19 heavy (non-hydrogen) atoms. The van der Waals surface area contributed by atoms with E-state index in [1.54, 1.807) is 19.1 Å². The highest BCUT2D eigenvalue weighted by molar-refractivity contribution is 5.88. The van der Waals surface area contributed by atoms with Gasteiger partial charge in [0.05, 0.1) is 5.56 Å². The van der Waals surface area contributed by atoms with Crippen molar-refractivity contribution in [2.24, 2.45) is 0 Å². The van der Waals surface area contributed by atoms with Crippen molar-refractivity contribution >= 4 is 11.8 Å². The summed E-state index contributed by atoms with van der Waals surface area (Å²) in [6, 6.07) is 3.47. The molecule has 1 unspecified atom stereocenters. The Morgan fingerprint density at radius 2 is 2.26 bits per heavy atom. The average molecular weight is 264 g/mol. The van der Waals surface area contributed by atoms with Gasteiger partial charge in [0, 0.05) is 24.9 Å². The van der Waals surface area contributed by atoms with Crippen LogP contribution in [0.25, 0.3) is 0 Å². The molecule has 1 aliphatic rings. The molecule has 2 N–H and O–H groups in total. The molecule has 0 radical (unpaired) electrons. The number of aliphatic hydroxyl groups excluding tert-OH is 1. The van der Waals surface area contributed by atoms with Gasteiger partial charge in [0.15, 0.2) is 0 Å². The van der Waals surface area contributed by atoms with E-state index in [9.17, 15) is 4.79 Å². The smallest absolute Gasteiger partial charge is 0.335 e. The lowest BCUT2D eigenvalue weighted by Gasteiger charge is -2.36. The van der Waals surface area contributed by atoms with Gasteiger partial charge in [-0.15, -0.1) is 0 Å². The molecule has 5 heteroatoms. The summed E-state index contributed by atoms with van der Waals surface area (Å²) in [4.78, 5) is 17.7. The first kappa shape index (κ1) is 13.8. The summed E-state index contributed by atoms with van der Waals surface area (Å²) in [5.74, 6) is -0.210. The van der Waals surface area contributed by atoms with Crippen molar-refractivity contribution in [2.45, 2.75) is 38.6 Å². The van der Waals surface area contributed by atoms with Gasteiger partial charge in [0.1, 0.15) is 5.82 Å². The van der Waals surface area contributed by atoms with E-state index in [0.717, 1.165) is 31.6 Å². The van der Waals surface area contributed by atoms with Crippen molar-refractivity contribution in [1.29, 1.82) is 0 Å². The van der Waals surface area contributed by atoms with E-state index < -0.39 is 5.97 Å². The first-order valence-electron chi connectivity index (χ1n) is 6.71. The second-order valence-corrected chi connectivity index (χ2v) is 5.02. The molecular weight excluding hydrogens is 244 g/mol. The maximum absolute atomic E-state index is 11.1. The molecule has 0 aliphatic carbocycles. The molecule has 0 amide bonds. The Kier molecular flexibility index (Phi) is 4.37. The fourth-order valence-corrected chi connectivity index (χ4v) is 2.67. The number of aryl methyl sites for hydroxylation is 1. The number of aromatic carboxylic acids is 1. The molecule has 0 spiro atoms. The predicted octanol–water partition coefficient (Wildman–Crippen LogP) is 1.83. The Labute approximate surface area is 112 Å². The Morgan fingerprint density at radius 1 is 1.47 bits per heavy atom. The average Bonchev–Trinajstić information content (AvgIpc) is 2.39. The van der Waals surface area contributed by atoms with Crippen LogP contribution < -0.4 is 4.90 Å². The van der Waals surface area contributed by atoms with Crippen molar-refractivity contribution in [3.05, 3.63) is 23.4 Å². The van der Waals surface area contributed by atoms with E-state index in [1.807, 2.05) is 0 Å². The topological polar surface area (TPSA) is 73.7 Å². The first-order chi connectivity index (χ1) is 9.11. The number of carboxylic acids is 1. The zero-order chi connectivity index (χ0) is 13.8. The zero-order valence-electron chi connectivity index (χ0n) is 11.2. The number of hydrogen-bond acceptors (Lipinski definition) is 4. The summed E-state index contributed by atoms with van der Waals surface area (Å²) in [7, 11) is 0. The number of aromatic nitrogens is 1. The van der Waals surface area contributed by atoms with Gasteiger partial charge in [-0.3, -0.25) is 0 Å². The lowest BCUT2D eigenvalue weighted by molar-refractivity contribution is 0.0696. The zero-order valence-corrected chi connectivity index (χ0v) is 11.2. The molecular formula is C14H20N2O3. The molecule has 1 fully saturated rings. The maximum Gasteiger partial charge on any atom is 0.335 e. The summed E-state index contributed by atoms with van der Waals surface area (Å²) < 4.78 is 0. The summed E-state index contributed by atoms with van der Waals surface area (Å²) in [6.45, 7) is 2.83. The Balaban J connectivity index is 2.30. The molecule has 0 aromatic carbocycles. The van der Waals surface area contributed by atoms with Crippen LogP contribution in [0, 0.1) is 6.92 Å². The van der Waals surface area contributed by atoms with Gasteiger partial charge in [-0.05, 0) is 44.7 Å². The maximum atomic E-state index is 11.1. The van der Waals surface area contributed by atoms with Crippen molar-refractivity contribution in [1.82, 2.24) is 4.98 Å². The fraction of sp³-hybridized carbons (Fsp3) is 0.571. The minimum Gasteiger partial charge on any atom is -0.478 e. The van der Waals surface area contributed by atoms with Gasteiger partial charge < -0.3 is 15.1 Å². The van der Waals surface area contributed by atoms with Gasteiger partial charge in [0.2, 0.25) is 0 Å². The van der Waals surface area contributed by atoms with Crippen molar-refractivity contribution in [3.63, 3.8) is 0 Å². The molecule has 0 bridgehead atoms. The van der Waals surface area contributed by atoms with Crippen LogP contribution in [-0.4, -0.2) is 40.4 Å². The van der Waals surface area contributed by atoms with Crippen LogP contribution in [0.5, 0.6) is 0 Å². The van der Waals surface area contributed by atoms with E-state index in [4.69, 9.17) is 10.2 Å². The standard InChI is InChI=1S/C14H20N2O3/c1-10-8-11(14(18)19)9-13(15-10)16-6-3-2-4-12(16)5-7-17/h8-9,12,17H,2-7H2,1H3,(H,18,19). The number of carboxylic acid groups (broad SMARTS) is 1. The third kappa shape index (κ3) is 3.23. The lowest BCUT2D eigenvalue weighted by Crippen LogP contribution is -2.40. The molecule has 2 rings (SSSR count). The molecule has 2 heterocycles. The minimum atomic E-state index is -0.928. The number of pyridine rings is 1. The number of anilines is 1. The van der Waals surface area contributed by atoms with Gasteiger partial charge in [-0.2, -0.15) is 0 Å². The highest BCUT2D eigenvalue weighted by Gasteiger charge is 2.24. The van der Waals surface area contributed by atoms with Crippen LogP contribution in [0.2, 0.25) is 0 Å². The normalized spacial score (nSPS) is 19.5. The summed E-state index contributed by atoms with van der Waals surface area (Å²) in [6.07, 6.45) is 3.97. The molecule has 1 aliphatic heterocycles. The van der Waals surface area contributed by atoms with Crippen molar-refractivity contribution in [3.8, 4) is 0 Å².